The van der Waals surface area contributed by atoms with Gasteiger partial charge in [0.2, 0.25) is 0 Å². The maximum atomic E-state index is 12.1. The SMILES string of the molecule is CNc1cccc(C(=O)NCCc2nccs2)c1[N+](=O)[O-]. The molecule has 8 heteroatoms. The average Bonchev–Trinajstić information content (AvgIpc) is 2.99. The molecule has 0 aliphatic rings. The number of hydrogen-bond donors (Lipinski definition) is 2. The Hall–Kier alpha value is -2.48. The Kier molecular flexibility index (Phi) is 4.83. The highest BCUT2D eigenvalue weighted by molar-refractivity contribution is 7.09. The Morgan fingerprint density at radius 1 is 1.48 bits per heavy atom. The number of hydrogen-bond acceptors (Lipinski definition) is 6. The first-order chi connectivity index (χ1) is 10.1. The smallest absolute Gasteiger partial charge is 0.305 e. The Morgan fingerprint density at radius 3 is 2.90 bits per heavy atom. The molecule has 1 aromatic heterocycles. The molecule has 0 unspecified atom stereocenters. The third-order valence-corrected chi connectivity index (χ3v) is 3.68. The molecule has 0 fully saturated rings. The van der Waals surface area contributed by atoms with Crippen LogP contribution in [0.2, 0.25) is 0 Å². The van der Waals surface area contributed by atoms with Crippen LogP contribution in [0.25, 0.3) is 0 Å². The molecular formula is C13H14N4O3S. The molecule has 1 aromatic carbocycles. The van der Waals surface area contributed by atoms with Crippen LogP contribution >= 0.6 is 11.3 Å². The minimum absolute atomic E-state index is 0.0472. The first-order valence-electron chi connectivity index (χ1n) is 6.25. The lowest BCUT2D eigenvalue weighted by Crippen LogP contribution is -2.26. The molecule has 110 valence electrons. The third kappa shape index (κ3) is 3.54. The van der Waals surface area contributed by atoms with Crippen LogP contribution in [0.15, 0.2) is 29.8 Å². The zero-order valence-electron chi connectivity index (χ0n) is 11.3. The van der Waals surface area contributed by atoms with Crippen LogP contribution in [0, 0.1) is 10.1 Å². The van der Waals surface area contributed by atoms with E-state index in [1.807, 2.05) is 5.38 Å². The van der Waals surface area contributed by atoms with Crippen molar-refractivity contribution >= 4 is 28.6 Å². The van der Waals surface area contributed by atoms with Gasteiger partial charge >= 0.3 is 5.69 Å². The van der Waals surface area contributed by atoms with Gasteiger partial charge in [0.1, 0.15) is 11.3 Å². The van der Waals surface area contributed by atoms with E-state index >= 15 is 0 Å². The Morgan fingerprint density at radius 2 is 2.29 bits per heavy atom. The molecule has 0 saturated carbocycles. The molecule has 0 radical (unpaired) electrons. The summed E-state index contributed by atoms with van der Waals surface area (Å²) in [6.45, 7) is 0.382. The summed E-state index contributed by atoms with van der Waals surface area (Å²) in [6, 6.07) is 4.61. The molecule has 0 bridgehead atoms. The van der Waals surface area contributed by atoms with Crippen LogP contribution < -0.4 is 10.6 Å². The second-order valence-corrected chi connectivity index (χ2v) is 5.12. The molecule has 2 rings (SSSR count). The Bertz CT molecular complexity index is 643. The van der Waals surface area contributed by atoms with E-state index in [1.54, 1.807) is 25.4 Å². The van der Waals surface area contributed by atoms with Crippen molar-refractivity contribution in [3.63, 3.8) is 0 Å². The van der Waals surface area contributed by atoms with Crippen molar-refractivity contribution in [2.75, 3.05) is 18.9 Å². The minimum Gasteiger partial charge on any atom is -0.383 e. The normalized spacial score (nSPS) is 10.1. The number of rotatable bonds is 6. The van der Waals surface area contributed by atoms with E-state index in [1.165, 1.54) is 17.4 Å². The molecule has 0 aliphatic heterocycles. The van der Waals surface area contributed by atoms with E-state index in [9.17, 15) is 14.9 Å². The lowest BCUT2D eigenvalue weighted by Gasteiger charge is -2.08. The number of anilines is 1. The zero-order chi connectivity index (χ0) is 15.2. The van der Waals surface area contributed by atoms with Crippen LogP contribution in [0.3, 0.4) is 0 Å². The van der Waals surface area contributed by atoms with Crippen LogP contribution in [0.5, 0.6) is 0 Å². The van der Waals surface area contributed by atoms with Gasteiger partial charge in [0.15, 0.2) is 0 Å². The summed E-state index contributed by atoms with van der Waals surface area (Å²) >= 11 is 1.50. The first-order valence-corrected chi connectivity index (χ1v) is 7.13. The average molecular weight is 306 g/mol. The van der Waals surface area contributed by atoms with Crippen LogP contribution in [0.1, 0.15) is 15.4 Å². The molecule has 2 aromatic rings. The topological polar surface area (TPSA) is 97.2 Å². The second-order valence-electron chi connectivity index (χ2n) is 4.14. The highest BCUT2D eigenvalue weighted by atomic mass is 32.1. The van der Waals surface area contributed by atoms with Crippen molar-refractivity contribution in [3.05, 3.63) is 50.5 Å². The maximum Gasteiger partial charge on any atom is 0.305 e. The standard InChI is InChI=1S/C13H14N4O3S/c1-14-10-4-2-3-9(12(10)17(19)20)13(18)16-6-5-11-15-7-8-21-11/h2-4,7-8,14H,5-6H2,1H3,(H,16,18). The van der Waals surface area contributed by atoms with E-state index in [2.05, 4.69) is 15.6 Å². The van der Waals surface area contributed by atoms with Crippen molar-refractivity contribution < 1.29 is 9.72 Å². The number of aromatic nitrogens is 1. The molecule has 1 heterocycles. The number of para-hydroxylation sites is 1. The van der Waals surface area contributed by atoms with Gasteiger partial charge in [-0.25, -0.2) is 4.98 Å². The van der Waals surface area contributed by atoms with E-state index in [0.717, 1.165) is 5.01 Å². The van der Waals surface area contributed by atoms with Crippen LogP contribution in [-0.4, -0.2) is 29.4 Å². The summed E-state index contributed by atoms with van der Waals surface area (Å²) in [5.74, 6) is -0.463. The zero-order valence-corrected chi connectivity index (χ0v) is 12.1. The summed E-state index contributed by atoms with van der Waals surface area (Å²) in [6.07, 6.45) is 2.30. The van der Waals surface area contributed by atoms with E-state index in [4.69, 9.17) is 0 Å². The van der Waals surface area contributed by atoms with Gasteiger partial charge in [-0.2, -0.15) is 0 Å². The number of thiazole rings is 1. The molecule has 0 atom stereocenters. The molecule has 0 saturated heterocycles. The lowest BCUT2D eigenvalue weighted by atomic mass is 10.1. The predicted molar refractivity (Wildman–Crippen MR) is 80.8 cm³/mol. The lowest BCUT2D eigenvalue weighted by molar-refractivity contribution is -0.384. The molecule has 2 N–H and O–H groups in total. The second kappa shape index (κ2) is 6.80. The highest BCUT2D eigenvalue weighted by Gasteiger charge is 2.23. The first kappa shape index (κ1) is 14.9. The van der Waals surface area contributed by atoms with Gasteiger partial charge < -0.3 is 10.6 Å². The van der Waals surface area contributed by atoms with E-state index in [-0.39, 0.29) is 11.3 Å². The van der Waals surface area contributed by atoms with Crippen LogP contribution in [0.4, 0.5) is 11.4 Å². The molecule has 0 spiro atoms. The molecule has 21 heavy (non-hydrogen) atoms. The van der Waals surface area contributed by atoms with Crippen molar-refractivity contribution in [2.45, 2.75) is 6.42 Å². The van der Waals surface area contributed by atoms with Crippen molar-refractivity contribution in [3.8, 4) is 0 Å². The maximum absolute atomic E-state index is 12.1. The molecule has 7 nitrogen and oxygen atoms in total. The summed E-state index contributed by atoms with van der Waals surface area (Å²) in [7, 11) is 1.58. The number of carbonyl (C=O) groups excluding carboxylic acids is 1. The quantitative estimate of drug-likeness (QED) is 0.629. The fourth-order valence-corrected chi connectivity index (χ4v) is 2.50. The number of carbonyl (C=O) groups is 1. The van der Waals surface area contributed by atoms with Crippen molar-refractivity contribution in [1.29, 1.82) is 0 Å². The van der Waals surface area contributed by atoms with Gasteiger partial charge in [0, 0.05) is 31.6 Å². The number of nitrogens with zero attached hydrogens (tertiary/aromatic N) is 2. The number of nitrogens with one attached hydrogen (secondary N) is 2. The number of nitro benzene ring substituents is 1. The van der Waals surface area contributed by atoms with Gasteiger partial charge in [0.05, 0.1) is 9.93 Å². The number of amides is 1. The molecule has 0 aliphatic carbocycles. The fraction of sp³-hybridized carbons (Fsp3) is 0.231. The van der Waals surface area contributed by atoms with Crippen molar-refractivity contribution in [1.82, 2.24) is 10.3 Å². The third-order valence-electron chi connectivity index (χ3n) is 2.84. The van der Waals surface area contributed by atoms with Crippen molar-refractivity contribution in [2.24, 2.45) is 0 Å². The summed E-state index contributed by atoms with van der Waals surface area (Å²) in [5.41, 5.74) is 0.144. The largest absolute Gasteiger partial charge is 0.383 e. The fourth-order valence-electron chi connectivity index (χ4n) is 1.88. The van der Waals surface area contributed by atoms with Gasteiger partial charge in [-0.15, -0.1) is 11.3 Å². The van der Waals surface area contributed by atoms with Gasteiger partial charge in [-0.05, 0) is 12.1 Å². The van der Waals surface area contributed by atoms with Crippen LogP contribution in [-0.2, 0) is 6.42 Å². The highest BCUT2D eigenvalue weighted by Crippen LogP contribution is 2.28. The van der Waals surface area contributed by atoms with E-state index < -0.39 is 10.8 Å². The molecule has 1 amide bonds. The number of benzene rings is 1. The summed E-state index contributed by atoms with van der Waals surface area (Å²) in [5, 5.41) is 19.3. The predicted octanol–water partition coefficient (Wildman–Crippen LogP) is 2.07. The van der Waals surface area contributed by atoms with Gasteiger partial charge in [-0.3, -0.25) is 14.9 Å². The number of nitro groups is 1. The van der Waals surface area contributed by atoms with Gasteiger partial charge in [-0.1, -0.05) is 6.07 Å². The monoisotopic (exact) mass is 306 g/mol. The molecular weight excluding hydrogens is 292 g/mol. The summed E-state index contributed by atoms with van der Waals surface area (Å²) in [4.78, 5) is 26.8. The Labute approximate surface area is 125 Å². The van der Waals surface area contributed by atoms with Gasteiger partial charge in [0.25, 0.3) is 5.91 Å². The minimum atomic E-state index is -0.554. The van der Waals surface area contributed by atoms with E-state index in [0.29, 0.717) is 18.7 Å². The Balaban J connectivity index is 2.10. The summed E-state index contributed by atoms with van der Waals surface area (Å²) < 4.78 is 0.